The van der Waals surface area contributed by atoms with Crippen LogP contribution < -0.4 is 5.73 Å². The number of carbonyl (C=O) groups is 1. The van der Waals surface area contributed by atoms with E-state index < -0.39 is 0 Å². The number of thiophene rings is 1. The van der Waals surface area contributed by atoms with Crippen molar-refractivity contribution in [3.63, 3.8) is 0 Å². The number of carbonyl (C=O) groups excluding carboxylic acids is 1. The molecule has 0 aliphatic heterocycles. The van der Waals surface area contributed by atoms with Crippen LogP contribution in [-0.4, -0.2) is 28.1 Å². The minimum atomic E-state index is -0.151. The Morgan fingerprint density at radius 2 is 2.37 bits per heavy atom. The average Bonchev–Trinajstić information content (AvgIpc) is 3.00. The Morgan fingerprint density at radius 1 is 1.58 bits per heavy atom. The molecule has 0 aromatic carbocycles. The molecule has 3 N–H and O–H groups in total. The van der Waals surface area contributed by atoms with Gasteiger partial charge in [-0.25, -0.2) is 0 Å². The number of nitrogens with one attached hydrogen (secondary N) is 1. The number of nitrogens with zero attached hydrogens (tertiary/aromatic N) is 2. The number of aromatic amines is 1. The Balaban J connectivity index is 2.10. The van der Waals surface area contributed by atoms with Crippen molar-refractivity contribution >= 4 is 22.9 Å². The molecule has 2 aromatic rings. The third kappa shape index (κ3) is 2.96. The molecule has 0 atom stereocenters. The van der Waals surface area contributed by atoms with E-state index in [4.69, 9.17) is 5.73 Å². The summed E-state index contributed by atoms with van der Waals surface area (Å²) < 4.78 is 0. The minimum absolute atomic E-state index is 0.151. The lowest BCUT2D eigenvalue weighted by atomic mass is 10.2. The molecule has 5 nitrogen and oxygen atoms in total. The van der Waals surface area contributed by atoms with Gasteiger partial charge in [-0.1, -0.05) is 13.3 Å². The largest absolute Gasteiger partial charge is 0.395 e. The Bertz CT molecular complexity index is 547. The van der Waals surface area contributed by atoms with Crippen LogP contribution in [0.25, 0.3) is 0 Å². The number of amides is 1. The average molecular weight is 278 g/mol. The number of anilines is 1. The van der Waals surface area contributed by atoms with Crippen LogP contribution in [0.5, 0.6) is 0 Å². The fraction of sp³-hybridized carbons (Fsp3) is 0.385. The van der Waals surface area contributed by atoms with Gasteiger partial charge in [0.15, 0.2) is 5.69 Å². The Hall–Kier alpha value is -1.82. The first-order valence-electron chi connectivity index (χ1n) is 6.22. The van der Waals surface area contributed by atoms with E-state index >= 15 is 0 Å². The zero-order valence-electron chi connectivity index (χ0n) is 11.1. The van der Waals surface area contributed by atoms with Gasteiger partial charge in [0.2, 0.25) is 0 Å². The molecule has 0 bridgehead atoms. The molecule has 0 fully saturated rings. The lowest BCUT2D eigenvalue weighted by Crippen LogP contribution is -2.27. The van der Waals surface area contributed by atoms with Gasteiger partial charge in [-0.3, -0.25) is 9.89 Å². The van der Waals surface area contributed by atoms with Gasteiger partial charge in [0.25, 0.3) is 5.91 Å². The summed E-state index contributed by atoms with van der Waals surface area (Å²) >= 11 is 1.62. The Labute approximate surface area is 116 Å². The highest BCUT2D eigenvalue weighted by atomic mass is 32.1. The van der Waals surface area contributed by atoms with Crippen molar-refractivity contribution in [2.75, 3.05) is 12.8 Å². The van der Waals surface area contributed by atoms with E-state index in [2.05, 4.69) is 17.1 Å². The number of rotatable bonds is 5. The molecule has 0 saturated heterocycles. The van der Waals surface area contributed by atoms with Gasteiger partial charge in [-0.05, 0) is 28.8 Å². The smallest absolute Gasteiger partial charge is 0.276 e. The second kappa shape index (κ2) is 5.88. The molecule has 1 amide bonds. The van der Waals surface area contributed by atoms with Crippen LogP contribution in [0.15, 0.2) is 16.8 Å². The van der Waals surface area contributed by atoms with E-state index in [1.54, 1.807) is 23.3 Å². The van der Waals surface area contributed by atoms with Crippen molar-refractivity contribution in [2.24, 2.45) is 0 Å². The van der Waals surface area contributed by atoms with Crippen LogP contribution in [0.2, 0.25) is 0 Å². The van der Waals surface area contributed by atoms with Crippen molar-refractivity contribution in [1.29, 1.82) is 0 Å². The highest BCUT2D eigenvalue weighted by molar-refractivity contribution is 7.07. The maximum atomic E-state index is 12.3. The molecule has 0 aliphatic rings. The third-order valence-corrected chi connectivity index (χ3v) is 3.66. The van der Waals surface area contributed by atoms with Crippen molar-refractivity contribution in [3.8, 4) is 0 Å². The first kappa shape index (κ1) is 13.6. The van der Waals surface area contributed by atoms with E-state index in [0.29, 0.717) is 17.9 Å². The molecule has 6 heteroatoms. The first-order valence-corrected chi connectivity index (χ1v) is 7.17. The van der Waals surface area contributed by atoms with E-state index in [1.165, 1.54) is 0 Å². The monoisotopic (exact) mass is 278 g/mol. The molecule has 0 radical (unpaired) electrons. The molecular formula is C13H18N4OS. The predicted molar refractivity (Wildman–Crippen MR) is 77.1 cm³/mol. The normalized spacial score (nSPS) is 10.6. The summed E-state index contributed by atoms with van der Waals surface area (Å²) in [5, 5.41) is 10.9. The predicted octanol–water partition coefficient (Wildman–Crippen LogP) is 2.28. The van der Waals surface area contributed by atoms with Crippen LogP contribution in [0.1, 0.15) is 35.1 Å². The summed E-state index contributed by atoms with van der Waals surface area (Å²) in [5.74, 6) is -0.151. The summed E-state index contributed by atoms with van der Waals surface area (Å²) in [6.07, 6.45) is 1.77. The van der Waals surface area contributed by atoms with E-state index in [-0.39, 0.29) is 5.91 Å². The van der Waals surface area contributed by atoms with E-state index in [0.717, 1.165) is 24.1 Å². The van der Waals surface area contributed by atoms with Gasteiger partial charge in [-0.15, -0.1) is 0 Å². The third-order valence-electron chi connectivity index (χ3n) is 2.93. The van der Waals surface area contributed by atoms with Crippen LogP contribution in [-0.2, 0) is 13.0 Å². The summed E-state index contributed by atoms with van der Waals surface area (Å²) in [6.45, 7) is 2.63. The highest BCUT2D eigenvalue weighted by Crippen LogP contribution is 2.18. The Morgan fingerprint density at radius 3 is 3.00 bits per heavy atom. The second-order valence-electron chi connectivity index (χ2n) is 4.51. The fourth-order valence-corrected chi connectivity index (χ4v) is 2.56. The number of H-pyrrole nitrogens is 1. The van der Waals surface area contributed by atoms with Gasteiger partial charge in [0.1, 0.15) is 0 Å². The number of aromatic nitrogens is 2. The van der Waals surface area contributed by atoms with Crippen LogP contribution in [0.3, 0.4) is 0 Å². The SMILES string of the molecule is CCCc1[nH]nc(C(=O)N(C)Cc2ccsc2)c1N. The van der Waals surface area contributed by atoms with Crippen molar-refractivity contribution in [1.82, 2.24) is 15.1 Å². The minimum Gasteiger partial charge on any atom is -0.395 e. The maximum Gasteiger partial charge on any atom is 0.276 e. The van der Waals surface area contributed by atoms with Crippen molar-refractivity contribution < 1.29 is 4.79 Å². The van der Waals surface area contributed by atoms with Crippen LogP contribution in [0.4, 0.5) is 5.69 Å². The molecule has 2 rings (SSSR count). The number of nitrogens with two attached hydrogens (primary N) is 1. The Kier molecular flexibility index (Phi) is 4.21. The van der Waals surface area contributed by atoms with Gasteiger partial charge in [0, 0.05) is 13.6 Å². The molecule has 0 saturated carbocycles. The van der Waals surface area contributed by atoms with E-state index in [9.17, 15) is 4.79 Å². The highest BCUT2D eigenvalue weighted by Gasteiger charge is 2.20. The number of hydrogen-bond acceptors (Lipinski definition) is 4. The molecule has 2 heterocycles. The van der Waals surface area contributed by atoms with Gasteiger partial charge >= 0.3 is 0 Å². The zero-order chi connectivity index (χ0) is 13.8. The maximum absolute atomic E-state index is 12.3. The quantitative estimate of drug-likeness (QED) is 0.881. The van der Waals surface area contributed by atoms with Crippen molar-refractivity contribution in [3.05, 3.63) is 33.8 Å². The molecular weight excluding hydrogens is 260 g/mol. The number of hydrogen-bond donors (Lipinski definition) is 2. The molecule has 102 valence electrons. The molecule has 0 spiro atoms. The summed E-state index contributed by atoms with van der Waals surface area (Å²) in [7, 11) is 1.76. The molecule has 19 heavy (non-hydrogen) atoms. The first-order chi connectivity index (χ1) is 9.13. The number of nitrogen functional groups attached to an aromatic ring is 1. The van der Waals surface area contributed by atoms with Gasteiger partial charge in [0.05, 0.1) is 11.4 Å². The summed E-state index contributed by atoms with van der Waals surface area (Å²) in [4.78, 5) is 13.9. The molecule has 0 unspecified atom stereocenters. The van der Waals surface area contributed by atoms with E-state index in [1.807, 2.05) is 16.8 Å². The lowest BCUT2D eigenvalue weighted by molar-refractivity contribution is 0.0780. The van der Waals surface area contributed by atoms with Crippen molar-refractivity contribution in [2.45, 2.75) is 26.3 Å². The van der Waals surface area contributed by atoms with Gasteiger partial charge < -0.3 is 10.6 Å². The summed E-state index contributed by atoms with van der Waals surface area (Å²) in [6, 6.07) is 2.00. The molecule has 0 aliphatic carbocycles. The number of aryl methyl sites for hydroxylation is 1. The second-order valence-corrected chi connectivity index (χ2v) is 5.29. The fourth-order valence-electron chi connectivity index (χ4n) is 1.90. The van der Waals surface area contributed by atoms with Crippen LogP contribution >= 0.6 is 11.3 Å². The summed E-state index contributed by atoms with van der Waals surface area (Å²) in [5.41, 5.74) is 8.72. The van der Waals surface area contributed by atoms with Gasteiger partial charge in [-0.2, -0.15) is 16.4 Å². The topological polar surface area (TPSA) is 75.0 Å². The zero-order valence-corrected chi connectivity index (χ0v) is 12.0. The standard InChI is InChI=1S/C13H18N4OS/c1-3-4-10-11(14)12(16-15-10)13(18)17(2)7-9-5-6-19-8-9/h5-6,8H,3-4,7,14H2,1-2H3,(H,15,16). The lowest BCUT2D eigenvalue weighted by Gasteiger charge is -2.15. The van der Waals surface area contributed by atoms with Crippen LogP contribution in [0, 0.1) is 0 Å². The molecule has 2 aromatic heterocycles.